The predicted molar refractivity (Wildman–Crippen MR) is 92.8 cm³/mol. The summed E-state index contributed by atoms with van der Waals surface area (Å²) in [5, 5.41) is 9.67. The Morgan fingerprint density at radius 2 is 2.00 bits per heavy atom. The summed E-state index contributed by atoms with van der Waals surface area (Å²) in [6.45, 7) is 2.01. The highest BCUT2D eigenvalue weighted by molar-refractivity contribution is 5.80. The zero-order valence-electron chi connectivity index (χ0n) is 14.5. The van der Waals surface area contributed by atoms with Crippen molar-refractivity contribution in [1.29, 1.82) is 0 Å². The molecule has 1 aromatic rings. The van der Waals surface area contributed by atoms with E-state index in [9.17, 15) is 14.7 Å². The van der Waals surface area contributed by atoms with E-state index in [1.165, 1.54) is 0 Å². The second kappa shape index (κ2) is 8.45. The van der Waals surface area contributed by atoms with E-state index in [2.05, 4.69) is 0 Å². The fourth-order valence-electron chi connectivity index (χ4n) is 3.68. The third kappa shape index (κ3) is 4.19. The van der Waals surface area contributed by atoms with E-state index in [0.29, 0.717) is 32.5 Å². The van der Waals surface area contributed by atoms with Crippen LogP contribution in [0, 0.1) is 0 Å². The number of aliphatic hydroxyl groups is 1. The molecule has 2 saturated heterocycles. The van der Waals surface area contributed by atoms with E-state index in [-0.39, 0.29) is 24.5 Å². The maximum absolute atomic E-state index is 12.8. The minimum absolute atomic E-state index is 0.00831. The molecule has 0 aliphatic carbocycles. The van der Waals surface area contributed by atoms with E-state index in [0.717, 1.165) is 24.9 Å². The van der Waals surface area contributed by atoms with Gasteiger partial charge in [-0.25, -0.2) is 0 Å². The number of likely N-dealkylation sites (tertiary alicyclic amines) is 1. The third-order valence-corrected chi connectivity index (χ3v) is 5.01. The van der Waals surface area contributed by atoms with Gasteiger partial charge in [0, 0.05) is 32.5 Å². The summed E-state index contributed by atoms with van der Waals surface area (Å²) < 4.78 is 5.68. The summed E-state index contributed by atoms with van der Waals surface area (Å²) in [5.41, 5.74) is 0.962. The Bertz CT molecular complexity index is 592. The number of morpholine rings is 1. The molecule has 1 N–H and O–H groups in total. The number of rotatable bonds is 5. The Labute approximate surface area is 148 Å². The summed E-state index contributed by atoms with van der Waals surface area (Å²) >= 11 is 0. The van der Waals surface area contributed by atoms with E-state index < -0.39 is 6.10 Å². The van der Waals surface area contributed by atoms with Crippen molar-refractivity contribution >= 4 is 11.8 Å². The lowest BCUT2D eigenvalue weighted by Gasteiger charge is -2.41. The summed E-state index contributed by atoms with van der Waals surface area (Å²) in [6.07, 6.45) is 2.44. The van der Waals surface area contributed by atoms with Crippen LogP contribution < -0.4 is 0 Å². The number of nitrogens with zero attached hydrogens (tertiary/aromatic N) is 2. The Morgan fingerprint density at radius 3 is 2.72 bits per heavy atom. The van der Waals surface area contributed by atoms with Gasteiger partial charge in [-0.15, -0.1) is 0 Å². The smallest absolute Gasteiger partial charge is 0.225 e. The number of hydrogen-bond donors (Lipinski definition) is 1. The average Bonchev–Trinajstić information content (AvgIpc) is 2.67. The topological polar surface area (TPSA) is 70.1 Å². The van der Waals surface area contributed by atoms with Crippen LogP contribution in [0.25, 0.3) is 0 Å². The molecule has 25 heavy (non-hydrogen) atoms. The van der Waals surface area contributed by atoms with Gasteiger partial charge in [0.2, 0.25) is 11.8 Å². The first-order valence-electron chi connectivity index (χ1n) is 9.05. The highest BCUT2D eigenvalue weighted by atomic mass is 16.5. The normalized spacial score (nSPS) is 24.4. The number of amides is 2. The predicted octanol–water partition coefficient (Wildman–Crippen LogP) is 1.35. The van der Waals surface area contributed by atoms with Crippen molar-refractivity contribution in [2.24, 2.45) is 0 Å². The molecule has 1 aromatic carbocycles. The minimum atomic E-state index is -0.420. The number of ether oxygens (including phenoxy) is 1. The van der Waals surface area contributed by atoms with Crippen molar-refractivity contribution in [1.82, 2.24) is 9.80 Å². The van der Waals surface area contributed by atoms with E-state index in [1.54, 1.807) is 9.80 Å². The molecule has 2 atom stereocenters. The molecule has 2 fully saturated rings. The van der Waals surface area contributed by atoms with Crippen molar-refractivity contribution < 1.29 is 19.4 Å². The summed E-state index contributed by atoms with van der Waals surface area (Å²) in [6, 6.07) is 9.40. The van der Waals surface area contributed by atoms with Gasteiger partial charge in [-0.2, -0.15) is 0 Å². The molecular formula is C19H26N2O4. The van der Waals surface area contributed by atoms with Gasteiger partial charge in [0.05, 0.1) is 19.3 Å². The number of benzene rings is 1. The number of carbonyl (C=O) groups is 2. The van der Waals surface area contributed by atoms with Crippen molar-refractivity contribution in [3.8, 4) is 0 Å². The van der Waals surface area contributed by atoms with E-state index in [1.807, 2.05) is 30.3 Å². The summed E-state index contributed by atoms with van der Waals surface area (Å²) in [4.78, 5) is 28.4. The van der Waals surface area contributed by atoms with Gasteiger partial charge < -0.3 is 19.6 Å². The van der Waals surface area contributed by atoms with E-state index in [4.69, 9.17) is 4.74 Å². The molecule has 2 amide bonds. The summed E-state index contributed by atoms with van der Waals surface area (Å²) in [7, 11) is 0. The molecule has 2 aliphatic rings. The molecule has 2 aliphatic heterocycles. The Balaban J connectivity index is 1.69. The molecule has 136 valence electrons. The van der Waals surface area contributed by atoms with Crippen molar-refractivity contribution in [3.63, 3.8) is 0 Å². The van der Waals surface area contributed by atoms with Gasteiger partial charge in [-0.3, -0.25) is 9.59 Å². The molecule has 0 bridgehead atoms. The van der Waals surface area contributed by atoms with Crippen LogP contribution in [0.1, 0.15) is 37.3 Å². The fourth-order valence-corrected chi connectivity index (χ4v) is 3.68. The van der Waals surface area contributed by atoms with E-state index >= 15 is 0 Å². The van der Waals surface area contributed by atoms with Crippen LogP contribution in [0.3, 0.4) is 0 Å². The van der Waals surface area contributed by atoms with Crippen LogP contribution in [0.2, 0.25) is 0 Å². The molecule has 0 saturated carbocycles. The van der Waals surface area contributed by atoms with Crippen LogP contribution >= 0.6 is 0 Å². The maximum Gasteiger partial charge on any atom is 0.225 e. The first-order chi connectivity index (χ1) is 12.2. The second-order valence-corrected chi connectivity index (χ2v) is 6.62. The molecule has 2 heterocycles. The van der Waals surface area contributed by atoms with Crippen molar-refractivity contribution in [3.05, 3.63) is 35.9 Å². The number of piperidine rings is 1. The lowest BCUT2D eigenvalue weighted by Crippen LogP contribution is -2.50. The quantitative estimate of drug-likeness (QED) is 0.874. The zero-order valence-corrected chi connectivity index (χ0v) is 14.5. The SMILES string of the molecule is O=C1CCCCN1CCC(=O)N1CCO[C@H](CO)[C@H]1c1ccccc1. The van der Waals surface area contributed by atoms with Crippen molar-refractivity contribution in [2.45, 2.75) is 37.8 Å². The fraction of sp³-hybridized carbons (Fsp3) is 0.579. The van der Waals surface area contributed by atoms with Crippen LogP contribution in [-0.2, 0) is 14.3 Å². The number of hydrogen-bond acceptors (Lipinski definition) is 4. The van der Waals surface area contributed by atoms with Crippen molar-refractivity contribution in [2.75, 3.05) is 32.8 Å². The summed E-state index contributed by atoms with van der Waals surface area (Å²) in [5.74, 6) is 0.155. The molecule has 6 heteroatoms. The van der Waals surface area contributed by atoms with Gasteiger partial charge in [0.15, 0.2) is 0 Å². The molecule has 0 aromatic heterocycles. The van der Waals surface area contributed by atoms with Crippen LogP contribution in [0.15, 0.2) is 30.3 Å². The Hall–Kier alpha value is -1.92. The van der Waals surface area contributed by atoms with Gasteiger partial charge in [0.25, 0.3) is 0 Å². The molecule has 6 nitrogen and oxygen atoms in total. The molecule has 0 radical (unpaired) electrons. The van der Waals surface area contributed by atoms with Gasteiger partial charge >= 0.3 is 0 Å². The average molecular weight is 346 g/mol. The minimum Gasteiger partial charge on any atom is -0.394 e. The maximum atomic E-state index is 12.8. The largest absolute Gasteiger partial charge is 0.394 e. The monoisotopic (exact) mass is 346 g/mol. The third-order valence-electron chi connectivity index (χ3n) is 5.01. The van der Waals surface area contributed by atoms with Crippen LogP contribution in [0.5, 0.6) is 0 Å². The van der Waals surface area contributed by atoms with Gasteiger partial charge in [-0.05, 0) is 18.4 Å². The standard InChI is InChI=1S/C19H26N2O4/c22-14-16-19(15-6-2-1-3-7-15)21(12-13-25-16)18(24)9-11-20-10-5-4-8-17(20)23/h1-3,6-7,16,19,22H,4-5,8-14H2/t16-,19-/m1/s1. The second-order valence-electron chi connectivity index (χ2n) is 6.62. The first kappa shape index (κ1) is 17.9. The molecule has 0 unspecified atom stereocenters. The van der Waals surface area contributed by atoms with Gasteiger partial charge in [-0.1, -0.05) is 30.3 Å². The Kier molecular flexibility index (Phi) is 6.04. The molecule has 3 rings (SSSR count). The van der Waals surface area contributed by atoms with Crippen LogP contribution in [0.4, 0.5) is 0 Å². The van der Waals surface area contributed by atoms with Gasteiger partial charge in [0.1, 0.15) is 6.10 Å². The lowest BCUT2D eigenvalue weighted by atomic mass is 9.98. The molecule has 0 spiro atoms. The lowest BCUT2D eigenvalue weighted by molar-refractivity contribution is -0.150. The van der Waals surface area contributed by atoms with Crippen LogP contribution in [-0.4, -0.2) is 65.7 Å². The highest BCUT2D eigenvalue weighted by Crippen LogP contribution is 2.30. The number of carbonyl (C=O) groups excluding carboxylic acids is 2. The zero-order chi connectivity index (χ0) is 17.6. The molecular weight excluding hydrogens is 320 g/mol. The highest BCUT2D eigenvalue weighted by Gasteiger charge is 2.36. The Morgan fingerprint density at radius 1 is 1.20 bits per heavy atom. The first-order valence-corrected chi connectivity index (χ1v) is 9.05. The number of aliphatic hydroxyl groups excluding tert-OH is 1.